The molecule has 1 unspecified atom stereocenters. The van der Waals surface area contributed by atoms with Crippen molar-refractivity contribution >= 4 is 5.91 Å². The molecule has 9 heteroatoms. The van der Waals surface area contributed by atoms with Crippen LogP contribution in [0.1, 0.15) is 24.8 Å². The molecule has 0 aliphatic rings. The molecule has 0 aliphatic carbocycles. The highest BCUT2D eigenvalue weighted by molar-refractivity contribution is 5.77. The van der Waals surface area contributed by atoms with Gasteiger partial charge in [0.25, 0.3) is 0 Å². The molecule has 138 valence electrons. The third kappa shape index (κ3) is 5.39. The van der Waals surface area contributed by atoms with Gasteiger partial charge in [-0.2, -0.15) is 26.3 Å². The highest BCUT2D eigenvalue weighted by atomic mass is 19.4. The lowest BCUT2D eigenvalue weighted by atomic mass is 9.98. The molecule has 25 heavy (non-hydrogen) atoms. The van der Waals surface area contributed by atoms with Crippen LogP contribution < -0.4 is 5.32 Å². The number of alkyl halides is 6. The van der Waals surface area contributed by atoms with E-state index < -0.39 is 30.4 Å². The Bertz CT molecular complexity index is 629. The van der Waals surface area contributed by atoms with Crippen LogP contribution in [-0.4, -0.2) is 35.5 Å². The largest absolute Gasteiger partial charge is 0.438 e. The Morgan fingerprint density at radius 3 is 2.12 bits per heavy atom. The van der Waals surface area contributed by atoms with Gasteiger partial charge in [0.05, 0.1) is 6.54 Å². The molecular weight excluding hydrogens is 352 g/mol. The van der Waals surface area contributed by atoms with Crippen LogP contribution in [0.3, 0.4) is 0 Å². The van der Waals surface area contributed by atoms with Gasteiger partial charge in [-0.15, -0.1) is 0 Å². The van der Waals surface area contributed by atoms with Gasteiger partial charge in [-0.25, -0.2) is 0 Å². The van der Waals surface area contributed by atoms with Gasteiger partial charge >= 0.3 is 18.0 Å². The number of carbonyl (C=O) groups excluding carboxylic acids is 1. The molecule has 0 heterocycles. The first-order chi connectivity index (χ1) is 11.4. The summed E-state index contributed by atoms with van der Waals surface area (Å²) < 4.78 is 74.3. The first kappa shape index (κ1) is 20.8. The molecule has 0 saturated heterocycles. The second kappa shape index (κ2) is 7.78. The van der Waals surface area contributed by atoms with Crippen molar-refractivity contribution in [2.24, 2.45) is 0 Å². The number of carbonyl (C=O) groups is 1. The van der Waals surface area contributed by atoms with Crippen molar-refractivity contribution in [1.29, 1.82) is 0 Å². The second-order valence-corrected chi connectivity index (χ2v) is 5.30. The van der Waals surface area contributed by atoms with Crippen LogP contribution in [0.25, 0.3) is 0 Å². The van der Waals surface area contributed by atoms with Gasteiger partial charge in [0, 0.05) is 6.42 Å². The van der Waals surface area contributed by atoms with E-state index in [0.29, 0.717) is 0 Å². The minimum Gasteiger partial charge on any atom is -0.363 e. The molecule has 1 amide bonds. The lowest BCUT2D eigenvalue weighted by Crippen LogP contribution is -2.55. The molecule has 1 aromatic carbocycles. The van der Waals surface area contributed by atoms with E-state index in [1.807, 2.05) is 0 Å². The van der Waals surface area contributed by atoms with Gasteiger partial charge < -0.3 is 10.4 Å². The van der Waals surface area contributed by atoms with Gasteiger partial charge in [-0.05, 0) is 17.4 Å². The second-order valence-electron chi connectivity index (χ2n) is 5.30. The molecule has 1 atom stereocenters. The maximum atomic E-state index is 12.4. The van der Waals surface area contributed by atoms with Crippen LogP contribution >= 0.6 is 0 Å². The summed E-state index contributed by atoms with van der Waals surface area (Å²) in [6, 6.07) is 8.89. The lowest BCUT2D eigenvalue weighted by molar-refractivity contribution is -0.343. The lowest BCUT2D eigenvalue weighted by Gasteiger charge is -2.27. The SMILES string of the molecule is CC(CC(=O)NCC#CC(O)(C(F)(F)F)C(F)(F)F)c1ccccc1. The zero-order chi connectivity index (χ0) is 19.3. The van der Waals surface area contributed by atoms with Gasteiger partial charge in [-0.1, -0.05) is 43.2 Å². The van der Waals surface area contributed by atoms with Gasteiger partial charge in [0.2, 0.25) is 5.91 Å². The Labute approximate surface area is 140 Å². The average molecular weight is 367 g/mol. The van der Waals surface area contributed by atoms with E-state index >= 15 is 0 Å². The minimum absolute atomic E-state index is 0.0193. The summed E-state index contributed by atoms with van der Waals surface area (Å²) in [5.41, 5.74) is -4.28. The molecule has 0 spiro atoms. The van der Waals surface area contributed by atoms with Crippen molar-refractivity contribution in [2.75, 3.05) is 6.54 Å². The summed E-state index contributed by atoms with van der Waals surface area (Å²) >= 11 is 0. The third-order valence-corrected chi connectivity index (χ3v) is 3.32. The maximum Gasteiger partial charge on any atom is 0.438 e. The number of halogens is 6. The van der Waals surface area contributed by atoms with Crippen LogP contribution in [0.2, 0.25) is 0 Å². The van der Waals surface area contributed by atoms with Crippen LogP contribution in [0, 0.1) is 11.8 Å². The number of hydrogen-bond acceptors (Lipinski definition) is 2. The molecule has 0 saturated carbocycles. The molecule has 0 fully saturated rings. The summed E-state index contributed by atoms with van der Waals surface area (Å²) in [6.07, 6.45) is -12.0. The normalized spacial score (nSPS) is 13.6. The first-order valence-electron chi connectivity index (χ1n) is 7.06. The smallest absolute Gasteiger partial charge is 0.363 e. The Morgan fingerprint density at radius 2 is 1.64 bits per heavy atom. The monoisotopic (exact) mass is 367 g/mol. The first-order valence-corrected chi connectivity index (χ1v) is 7.06. The van der Waals surface area contributed by atoms with E-state index in [-0.39, 0.29) is 12.3 Å². The zero-order valence-corrected chi connectivity index (χ0v) is 13.0. The van der Waals surface area contributed by atoms with Gasteiger partial charge in [0.1, 0.15) is 0 Å². The van der Waals surface area contributed by atoms with E-state index in [2.05, 4.69) is 5.32 Å². The topological polar surface area (TPSA) is 49.3 Å². The quantitative estimate of drug-likeness (QED) is 0.635. The fraction of sp³-hybridized carbons (Fsp3) is 0.438. The number of amides is 1. The summed E-state index contributed by atoms with van der Waals surface area (Å²) in [5, 5.41) is 10.9. The minimum atomic E-state index is -6.01. The van der Waals surface area contributed by atoms with Crippen LogP contribution in [0.5, 0.6) is 0 Å². The Hall–Kier alpha value is -2.21. The molecule has 1 aromatic rings. The van der Waals surface area contributed by atoms with E-state index in [4.69, 9.17) is 5.11 Å². The van der Waals surface area contributed by atoms with E-state index in [1.54, 1.807) is 37.3 Å². The molecule has 0 aromatic heterocycles. The molecular formula is C16H15F6NO2. The molecule has 1 rings (SSSR count). The van der Waals surface area contributed by atoms with Crippen LogP contribution in [0.4, 0.5) is 26.3 Å². The highest BCUT2D eigenvalue weighted by Gasteiger charge is 2.70. The molecule has 0 aliphatic heterocycles. The molecule has 0 radical (unpaired) electrons. The summed E-state index contributed by atoms with van der Waals surface area (Å²) in [5.74, 6) is 1.48. The zero-order valence-electron chi connectivity index (χ0n) is 13.0. The van der Waals surface area contributed by atoms with Crippen molar-refractivity contribution in [2.45, 2.75) is 37.2 Å². The fourth-order valence-electron chi connectivity index (χ4n) is 1.87. The van der Waals surface area contributed by atoms with Crippen molar-refractivity contribution in [3.8, 4) is 11.8 Å². The Morgan fingerprint density at radius 1 is 1.12 bits per heavy atom. The van der Waals surface area contributed by atoms with Crippen molar-refractivity contribution < 1.29 is 36.2 Å². The summed E-state index contributed by atoms with van der Waals surface area (Å²) in [4.78, 5) is 11.7. The number of benzene rings is 1. The predicted molar refractivity (Wildman–Crippen MR) is 77.3 cm³/mol. The molecule has 0 bridgehead atoms. The summed E-state index contributed by atoms with van der Waals surface area (Å²) in [7, 11) is 0. The average Bonchev–Trinajstić information content (AvgIpc) is 2.50. The molecule has 3 nitrogen and oxygen atoms in total. The van der Waals surface area contributed by atoms with Gasteiger partial charge in [0.15, 0.2) is 0 Å². The van der Waals surface area contributed by atoms with Crippen LogP contribution in [0.15, 0.2) is 30.3 Å². The fourth-order valence-corrected chi connectivity index (χ4v) is 1.87. The number of aliphatic hydroxyl groups is 1. The summed E-state index contributed by atoms with van der Waals surface area (Å²) in [6.45, 7) is 0.988. The Balaban J connectivity index is 2.65. The van der Waals surface area contributed by atoms with E-state index in [9.17, 15) is 31.1 Å². The number of rotatable bonds is 4. The predicted octanol–water partition coefficient (Wildman–Crippen LogP) is 3.16. The standard InChI is InChI=1S/C16H15F6NO2/c1-11(12-6-3-2-4-7-12)10-13(24)23-9-5-8-14(25,15(17,18)19)16(20,21)22/h2-4,6-7,11,25H,9-10H2,1H3,(H,23,24). The van der Waals surface area contributed by atoms with Crippen LogP contribution in [-0.2, 0) is 4.79 Å². The van der Waals surface area contributed by atoms with Gasteiger partial charge in [-0.3, -0.25) is 4.79 Å². The number of hydrogen-bond donors (Lipinski definition) is 2. The Kier molecular flexibility index (Phi) is 6.48. The van der Waals surface area contributed by atoms with E-state index in [0.717, 1.165) is 11.5 Å². The third-order valence-electron chi connectivity index (χ3n) is 3.32. The number of nitrogens with one attached hydrogen (secondary N) is 1. The maximum absolute atomic E-state index is 12.4. The highest BCUT2D eigenvalue weighted by Crippen LogP contribution is 2.42. The molecule has 2 N–H and O–H groups in total. The van der Waals surface area contributed by atoms with Crippen molar-refractivity contribution in [1.82, 2.24) is 5.32 Å². The van der Waals surface area contributed by atoms with E-state index in [1.165, 1.54) is 5.92 Å². The van der Waals surface area contributed by atoms with Crippen molar-refractivity contribution in [3.63, 3.8) is 0 Å². The van der Waals surface area contributed by atoms with Crippen molar-refractivity contribution in [3.05, 3.63) is 35.9 Å².